The van der Waals surface area contributed by atoms with Crippen LogP contribution in [-0.4, -0.2) is 4.57 Å². The molecule has 3 rings (SSSR count). The van der Waals surface area contributed by atoms with Crippen molar-refractivity contribution in [1.29, 1.82) is 0 Å². The molecule has 2 aromatic carbocycles. The maximum absolute atomic E-state index is 12.8. The van der Waals surface area contributed by atoms with Crippen LogP contribution >= 0.6 is 0 Å². The number of rotatable bonds is 2. The second-order valence-electron chi connectivity index (χ2n) is 4.35. The van der Waals surface area contributed by atoms with Gasteiger partial charge in [-0.05, 0) is 35.9 Å². The third-order valence-electron chi connectivity index (χ3n) is 3.11. The highest BCUT2D eigenvalue weighted by atomic mass is 19.1. The van der Waals surface area contributed by atoms with Crippen molar-refractivity contribution in [2.24, 2.45) is 0 Å². The van der Waals surface area contributed by atoms with E-state index in [0.717, 1.165) is 22.2 Å². The van der Waals surface area contributed by atoms with E-state index in [1.807, 2.05) is 30.5 Å². The normalized spacial score (nSPS) is 10.9. The molecule has 0 aliphatic rings. The number of hydrogen-bond donors (Lipinski definition) is 1. The van der Waals surface area contributed by atoms with Crippen LogP contribution < -0.4 is 5.73 Å². The van der Waals surface area contributed by atoms with Crippen LogP contribution in [0.15, 0.2) is 54.7 Å². The number of halogens is 1. The van der Waals surface area contributed by atoms with E-state index in [2.05, 4.69) is 4.57 Å². The fraction of sp³-hybridized carbons (Fsp3) is 0.0667. The predicted octanol–water partition coefficient (Wildman–Crippen LogP) is 3.41. The lowest BCUT2D eigenvalue weighted by atomic mass is 10.2. The van der Waals surface area contributed by atoms with Gasteiger partial charge in [0.05, 0.1) is 5.52 Å². The molecule has 1 aromatic heterocycles. The first-order valence-corrected chi connectivity index (χ1v) is 5.82. The molecule has 0 aliphatic carbocycles. The Hall–Kier alpha value is -2.29. The van der Waals surface area contributed by atoms with E-state index in [9.17, 15) is 4.39 Å². The van der Waals surface area contributed by atoms with Gasteiger partial charge in [0.1, 0.15) is 5.82 Å². The number of nitrogens with zero attached hydrogens (tertiary/aromatic N) is 1. The minimum Gasteiger partial charge on any atom is -0.398 e. The van der Waals surface area contributed by atoms with E-state index < -0.39 is 0 Å². The summed E-state index contributed by atoms with van der Waals surface area (Å²) in [6.45, 7) is 0.716. The Kier molecular flexibility index (Phi) is 2.52. The summed E-state index contributed by atoms with van der Waals surface area (Å²) in [5.41, 5.74) is 8.87. The maximum atomic E-state index is 12.8. The first-order valence-electron chi connectivity index (χ1n) is 5.82. The Morgan fingerprint density at radius 2 is 1.78 bits per heavy atom. The highest BCUT2D eigenvalue weighted by Crippen LogP contribution is 2.22. The van der Waals surface area contributed by atoms with Gasteiger partial charge < -0.3 is 10.3 Å². The molecule has 0 radical (unpaired) electrons. The SMILES string of the molecule is Nc1cccc2c1ccn2Cc1ccc(F)cc1. The summed E-state index contributed by atoms with van der Waals surface area (Å²) in [7, 11) is 0. The Balaban J connectivity index is 2.00. The van der Waals surface area contributed by atoms with Crippen LogP contribution in [0.4, 0.5) is 10.1 Å². The highest BCUT2D eigenvalue weighted by molar-refractivity contribution is 5.91. The number of nitrogen functional groups attached to an aromatic ring is 1. The Morgan fingerprint density at radius 3 is 2.56 bits per heavy atom. The lowest BCUT2D eigenvalue weighted by Crippen LogP contribution is -1.98. The van der Waals surface area contributed by atoms with Crippen LogP contribution in [0.1, 0.15) is 5.56 Å². The molecule has 0 unspecified atom stereocenters. The molecular formula is C15H13FN2. The number of nitrogens with two attached hydrogens (primary N) is 1. The summed E-state index contributed by atoms with van der Waals surface area (Å²) < 4.78 is 15.0. The standard InChI is InChI=1S/C15H13FN2/c16-12-6-4-11(5-7-12)10-18-9-8-13-14(17)2-1-3-15(13)18/h1-9H,10,17H2. The van der Waals surface area contributed by atoms with Gasteiger partial charge in [-0.3, -0.25) is 0 Å². The molecule has 2 N–H and O–H groups in total. The zero-order valence-corrected chi connectivity index (χ0v) is 9.81. The maximum Gasteiger partial charge on any atom is 0.123 e. The molecule has 0 atom stereocenters. The molecule has 0 saturated carbocycles. The lowest BCUT2D eigenvalue weighted by molar-refractivity contribution is 0.626. The van der Waals surface area contributed by atoms with Crippen molar-refractivity contribution in [2.45, 2.75) is 6.54 Å². The van der Waals surface area contributed by atoms with E-state index in [0.29, 0.717) is 6.54 Å². The van der Waals surface area contributed by atoms with E-state index in [1.165, 1.54) is 12.1 Å². The summed E-state index contributed by atoms with van der Waals surface area (Å²) in [5, 5.41) is 1.06. The van der Waals surface area contributed by atoms with E-state index >= 15 is 0 Å². The molecule has 0 spiro atoms. The molecule has 0 amide bonds. The lowest BCUT2D eigenvalue weighted by Gasteiger charge is -2.06. The Bertz CT molecular complexity index is 683. The summed E-state index contributed by atoms with van der Waals surface area (Å²) >= 11 is 0. The van der Waals surface area contributed by atoms with E-state index in [-0.39, 0.29) is 5.82 Å². The number of anilines is 1. The average Bonchev–Trinajstić information content (AvgIpc) is 2.77. The van der Waals surface area contributed by atoms with Crippen LogP contribution in [0, 0.1) is 5.82 Å². The molecule has 3 aromatic rings. The molecular weight excluding hydrogens is 227 g/mol. The van der Waals surface area contributed by atoms with Crippen molar-refractivity contribution in [2.75, 3.05) is 5.73 Å². The minimum atomic E-state index is -0.208. The van der Waals surface area contributed by atoms with Gasteiger partial charge in [0, 0.05) is 23.8 Å². The van der Waals surface area contributed by atoms with E-state index in [1.54, 1.807) is 12.1 Å². The summed E-state index contributed by atoms with van der Waals surface area (Å²) in [5.74, 6) is -0.208. The quantitative estimate of drug-likeness (QED) is 0.684. The fourth-order valence-corrected chi connectivity index (χ4v) is 2.17. The zero-order valence-electron chi connectivity index (χ0n) is 9.81. The topological polar surface area (TPSA) is 30.9 Å². The second-order valence-corrected chi connectivity index (χ2v) is 4.35. The molecule has 90 valence electrons. The van der Waals surface area contributed by atoms with Gasteiger partial charge in [-0.15, -0.1) is 0 Å². The molecule has 0 aliphatic heterocycles. The number of fused-ring (bicyclic) bond motifs is 1. The summed E-state index contributed by atoms with van der Waals surface area (Å²) in [4.78, 5) is 0. The van der Waals surface area contributed by atoms with Gasteiger partial charge >= 0.3 is 0 Å². The zero-order chi connectivity index (χ0) is 12.5. The molecule has 0 fully saturated rings. The predicted molar refractivity (Wildman–Crippen MR) is 71.9 cm³/mol. The molecule has 0 bridgehead atoms. The van der Waals surface area contributed by atoms with Crippen LogP contribution in [-0.2, 0) is 6.54 Å². The molecule has 3 heteroatoms. The summed E-state index contributed by atoms with van der Waals surface area (Å²) in [6, 6.07) is 14.4. The third kappa shape index (κ3) is 1.84. The van der Waals surface area contributed by atoms with Crippen LogP contribution in [0.3, 0.4) is 0 Å². The smallest absolute Gasteiger partial charge is 0.123 e. The Labute approximate surface area is 104 Å². The first kappa shape index (κ1) is 10.8. The van der Waals surface area contributed by atoms with Crippen LogP contribution in [0.2, 0.25) is 0 Å². The largest absolute Gasteiger partial charge is 0.398 e. The van der Waals surface area contributed by atoms with Gasteiger partial charge in [0.2, 0.25) is 0 Å². The molecule has 18 heavy (non-hydrogen) atoms. The van der Waals surface area contributed by atoms with Gasteiger partial charge in [-0.25, -0.2) is 4.39 Å². The fourth-order valence-electron chi connectivity index (χ4n) is 2.17. The minimum absolute atomic E-state index is 0.208. The third-order valence-corrected chi connectivity index (χ3v) is 3.11. The van der Waals surface area contributed by atoms with Crippen molar-refractivity contribution in [3.05, 3.63) is 66.1 Å². The van der Waals surface area contributed by atoms with Crippen molar-refractivity contribution < 1.29 is 4.39 Å². The average molecular weight is 240 g/mol. The first-order chi connectivity index (χ1) is 8.74. The molecule has 0 saturated heterocycles. The van der Waals surface area contributed by atoms with Crippen molar-refractivity contribution in [1.82, 2.24) is 4.57 Å². The van der Waals surface area contributed by atoms with Gasteiger partial charge in [0.15, 0.2) is 0 Å². The van der Waals surface area contributed by atoms with Gasteiger partial charge in [-0.1, -0.05) is 18.2 Å². The van der Waals surface area contributed by atoms with Crippen LogP contribution in [0.5, 0.6) is 0 Å². The second kappa shape index (κ2) is 4.18. The van der Waals surface area contributed by atoms with Gasteiger partial charge in [0.25, 0.3) is 0 Å². The molecule has 2 nitrogen and oxygen atoms in total. The Morgan fingerprint density at radius 1 is 1.00 bits per heavy atom. The number of hydrogen-bond acceptors (Lipinski definition) is 1. The monoisotopic (exact) mass is 240 g/mol. The van der Waals surface area contributed by atoms with E-state index in [4.69, 9.17) is 5.73 Å². The van der Waals surface area contributed by atoms with Gasteiger partial charge in [-0.2, -0.15) is 0 Å². The number of aromatic nitrogens is 1. The summed E-state index contributed by atoms with van der Waals surface area (Å²) in [6.07, 6.45) is 2.00. The van der Waals surface area contributed by atoms with Crippen molar-refractivity contribution >= 4 is 16.6 Å². The van der Waals surface area contributed by atoms with Crippen molar-refractivity contribution in [3.63, 3.8) is 0 Å². The highest BCUT2D eigenvalue weighted by Gasteiger charge is 2.03. The number of benzene rings is 2. The van der Waals surface area contributed by atoms with Crippen LogP contribution in [0.25, 0.3) is 10.9 Å². The molecule has 1 heterocycles. The van der Waals surface area contributed by atoms with Crippen molar-refractivity contribution in [3.8, 4) is 0 Å².